The van der Waals surface area contributed by atoms with Crippen molar-refractivity contribution >= 4 is 16.3 Å². The quantitative estimate of drug-likeness (QED) is 0.427. The van der Waals surface area contributed by atoms with Crippen molar-refractivity contribution in [3.63, 3.8) is 0 Å². The fourth-order valence-electron chi connectivity index (χ4n) is 2.96. The van der Waals surface area contributed by atoms with E-state index in [9.17, 15) is 18.4 Å². The molecule has 0 fully saturated rings. The molecule has 1 aliphatic heterocycles. The first-order valence-electron chi connectivity index (χ1n) is 8.85. The monoisotopic (exact) mass is 412 g/mol. The third-order valence-electron chi connectivity index (χ3n) is 4.32. The van der Waals surface area contributed by atoms with E-state index in [1.54, 1.807) is 6.07 Å². The van der Waals surface area contributed by atoms with Crippen LogP contribution in [0.15, 0.2) is 83.7 Å². The standard InChI is InChI=1S/C21H22N3O4S/c1-23(2)15-18-5-3-7-19(13-18)21-9-8-20(14-22-21)29(27,28)24(26)11-10-17(16-24)6-4-12-25/h3-14,16,26H,15H2,1-2H3/q+1. The third kappa shape index (κ3) is 4.41. The second kappa shape index (κ2) is 8.22. The van der Waals surface area contributed by atoms with Crippen molar-refractivity contribution in [2.75, 3.05) is 14.1 Å². The van der Waals surface area contributed by atoms with Crippen LogP contribution in [0, 0.1) is 0 Å². The summed E-state index contributed by atoms with van der Waals surface area (Å²) in [4.78, 5) is 16.7. The molecule has 2 aromatic rings. The van der Waals surface area contributed by atoms with E-state index in [0.29, 0.717) is 17.6 Å². The largest absolute Gasteiger partial charge is 0.367 e. The first-order valence-corrected chi connectivity index (χ1v) is 10.3. The summed E-state index contributed by atoms with van der Waals surface area (Å²) >= 11 is 0. The number of nitrogens with zero attached hydrogens (tertiary/aromatic N) is 3. The molecule has 0 spiro atoms. The van der Waals surface area contributed by atoms with Gasteiger partial charge in [0.2, 0.25) is 0 Å². The van der Waals surface area contributed by atoms with E-state index in [2.05, 4.69) is 9.88 Å². The van der Waals surface area contributed by atoms with Crippen molar-refractivity contribution in [2.45, 2.75) is 11.4 Å². The van der Waals surface area contributed by atoms with Crippen LogP contribution in [-0.4, -0.2) is 47.9 Å². The highest BCUT2D eigenvalue weighted by atomic mass is 32.2. The summed E-state index contributed by atoms with van der Waals surface area (Å²) in [5.41, 5.74) is 3.04. The zero-order chi connectivity index (χ0) is 21.1. The molecule has 150 valence electrons. The summed E-state index contributed by atoms with van der Waals surface area (Å²) in [5, 5.41) is 10.6. The second-order valence-corrected chi connectivity index (χ2v) is 8.91. The maximum absolute atomic E-state index is 12.9. The Morgan fingerprint density at radius 1 is 1.21 bits per heavy atom. The van der Waals surface area contributed by atoms with E-state index >= 15 is 0 Å². The summed E-state index contributed by atoms with van der Waals surface area (Å²) < 4.78 is 24.4. The van der Waals surface area contributed by atoms with E-state index in [0.717, 1.165) is 30.1 Å². The molecular formula is C21H22N3O4S+. The van der Waals surface area contributed by atoms with Crippen molar-refractivity contribution in [2.24, 2.45) is 0 Å². The van der Waals surface area contributed by atoms with Crippen LogP contribution >= 0.6 is 0 Å². The molecule has 1 N–H and O–H groups in total. The first-order chi connectivity index (χ1) is 13.7. The van der Waals surface area contributed by atoms with Gasteiger partial charge in [0.1, 0.15) is 11.2 Å². The van der Waals surface area contributed by atoms with Gasteiger partial charge < -0.3 is 4.90 Å². The van der Waals surface area contributed by atoms with Crippen molar-refractivity contribution in [3.8, 4) is 11.3 Å². The van der Waals surface area contributed by atoms with Crippen molar-refractivity contribution in [1.82, 2.24) is 9.88 Å². The Morgan fingerprint density at radius 2 is 2.00 bits per heavy atom. The Kier molecular flexibility index (Phi) is 5.90. The lowest BCUT2D eigenvalue weighted by Crippen LogP contribution is -2.38. The molecule has 3 rings (SSSR count). The van der Waals surface area contributed by atoms with Gasteiger partial charge in [-0.1, -0.05) is 18.2 Å². The first kappa shape index (κ1) is 20.8. The molecule has 0 aliphatic carbocycles. The minimum Gasteiger partial charge on any atom is -0.305 e. The van der Waals surface area contributed by atoms with Gasteiger partial charge in [-0.2, -0.15) is 13.6 Å². The maximum Gasteiger partial charge on any atom is 0.367 e. The highest BCUT2D eigenvalue weighted by Gasteiger charge is 2.42. The van der Waals surface area contributed by atoms with Crippen LogP contribution in [0.25, 0.3) is 11.3 Å². The number of hydrogen-bond acceptors (Lipinski definition) is 6. The van der Waals surface area contributed by atoms with Crippen LogP contribution in [-0.2, 0) is 21.4 Å². The minimum atomic E-state index is -4.18. The Bertz CT molecular complexity index is 1100. The van der Waals surface area contributed by atoms with Gasteiger partial charge in [0.25, 0.3) is 0 Å². The molecule has 8 heteroatoms. The lowest BCUT2D eigenvalue weighted by molar-refractivity contribution is -0.912. The Hall–Kier alpha value is -2.91. The summed E-state index contributed by atoms with van der Waals surface area (Å²) in [7, 11) is -0.209. The number of pyridine rings is 1. The highest BCUT2D eigenvalue weighted by molar-refractivity contribution is 7.86. The lowest BCUT2D eigenvalue weighted by Gasteiger charge is -2.18. The maximum atomic E-state index is 12.9. The van der Waals surface area contributed by atoms with Gasteiger partial charge in [-0.15, -0.1) is 0 Å². The van der Waals surface area contributed by atoms with E-state index in [1.165, 1.54) is 30.5 Å². The van der Waals surface area contributed by atoms with Gasteiger partial charge >= 0.3 is 10.0 Å². The molecule has 1 aromatic heterocycles. The summed E-state index contributed by atoms with van der Waals surface area (Å²) in [6.07, 6.45) is 8.13. The molecule has 0 bridgehead atoms. The van der Waals surface area contributed by atoms with Crippen LogP contribution in [0.2, 0.25) is 0 Å². The van der Waals surface area contributed by atoms with Gasteiger partial charge in [-0.25, -0.2) is 0 Å². The Morgan fingerprint density at radius 3 is 2.66 bits per heavy atom. The highest BCUT2D eigenvalue weighted by Crippen LogP contribution is 2.30. The normalized spacial score (nSPS) is 19.1. The van der Waals surface area contributed by atoms with Crippen LogP contribution < -0.4 is 0 Å². The number of aldehydes is 1. The fourth-order valence-corrected chi connectivity index (χ4v) is 4.20. The molecular weight excluding hydrogens is 390 g/mol. The molecule has 0 amide bonds. The zero-order valence-electron chi connectivity index (χ0n) is 16.1. The number of carbonyl (C=O) groups is 1. The van der Waals surface area contributed by atoms with Crippen LogP contribution in [0.4, 0.5) is 0 Å². The van der Waals surface area contributed by atoms with Gasteiger partial charge in [-0.3, -0.25) is 9.78 Å². The Balaban J connectivity index is 1.89. The molecule has 0 saturated heterocycles. The van der Waals surface area contributed by atoms with Gasteiger partial charge in [-0.05, 0) is 54.1 Å². The van der Waals surface area contributed by atoms with Crippen LogP contribution in [0.1, 0.15) is 5.56 Å². The average molecular weight is 412 g/mol. The average Bonchev–Trinajstić information content (AvgIpc) is 3.09. The molecule has 7 nitrogen and oxygen atoms in total. The molecule has 0 radical (unpaired) electrons. The molecule has 1 aromatic carbocycles. The van der Waals surface area contributed by atoms with Crippen LogP contribution in [0.3, 0.4) is 0 Å². The van der Waals surface area contributed by atoms with Crippen molar-refractivity contribution in [3.05, 3.63) is 84.4 Å². The van der Waals surface area contributed by atoms with E-state index in [1.807, 2.05) is 38.4 Å². The number of rotatable bonds is 7. The molecule has 29 heavy (non-hydrogen) atoms. The lowest BCUT2D eigenvalue weighted by atomic mass is 10.1. The second-order valence-electron chi connectivity index (χ2n) is 6.90. The zero-order valence-corrected chi connectivity index (χ0v) is 17.0. The summed E-state index contributed by atoms with van der Waals surface area (Å²) in [6.45, 7) is 0.782. The number of allylic oxidation sites excluding steroid dienone is 4. The molecule has 1 aliphatic rings. The predicted molar refractivity (Wildman–Crippen MR) is 109 cm³/mol. The van der Waals surface area contributed by atoms with Crippen molar-refractivity contribution < 1.29 is 22.5 Å². The smallest absolute Gasteiger partial charge is 0.305 e. The topological polar surface area (TPSA) is 87.6 Å². The number of sulfonamides is 1. The molecule has 1 atom stereocenters. The number of carbonyl (C=O) groups excluding carboxylic acids is 1. The van der Waals surface area contributed by atoms with Gasteiger partial charge in [0.05, 0.1) is 11.9 Å². The minimum absolute atomic E-state index is 0.116. The van der Waals surface area contributed by atoms with E-state index in [-0.39, 0.29) is 4.90 Å². The summed E-state index contributed by atoms with van der Waals surface area (Å²) in [6, 6.07) is 10.9. The number of aromatic nitrogens is 1. The third-order valence-corrected chi connectivity index (χ3v) is 6.16. The molecule has 2 heterocycles. The number of hydrogen-bond donors (Lipinski definition) is 1. The molecule has 1 unspecified atom stereocenters. The Labute approximate surface area is 170 Å². The molecule has 0 saturated carbocycles. The number of quaternary nitrogens is 1. The SMILES string of the molecule is CN(C)Cc1cccc(-c2ccc(S(=O)(=O)[N+]3(O)C=CC(C=CC=O)=C3)cn2)c1. The predicted octanol–water partition coefficient (Wildman–Crippen LogP) is 2.87. The van der Waals surface area contributed by atoms with E-state index < -0.39 is 14.1 Å². The fraction of sp³-hybridized carbons (Fsp3) is 0.143. The van der Waals surface area contributed by atoms with Crippen LogP contribution in [0.5, 0.6) is 0 Å². The van der Waals surface area contributed by atoms with Gasteiger partial charge in [0, 0.05) is 23.8 Å². The van der Waals surface area contributed by atoms with E-state index in [4.69, 9.17) is 0 Å². The number of benzene rings is 1. The van der Waals surface area contributed by atoms with Gasteiger partial charge in [0.15, 0.2) is 12.4 Å². The summed E-state index contributed by atoms with van der Waals surface area (Å²) in [5.74, 6) is 0. The number of hydroxylamine groups is 2. The van der Waals surface area contributed by atoms with Crippen molar-refractivity contribution in [1.29, 1.82) is 0 Å².